The standard InChI is InChI=1S/C20H31N3O/c1-15-5-4-6-18(13-15)23-11-9-22(10-12-23)8-7-17(3)21-20(24)19-14-16(19)2/h4-6,13,16-17,19H,7-12,14H2,1-3H3,(H,21,24)/t16-,17+,19+/m1/s1. The molecule has 0 bridgehead atoms. The molecule has 1 aliphatic heterocycles. The summed E-state index contributed by atoms with van der Waals surface area (Å²) in [5.74, 6) is 1.14. The Bertz CT molecular complexity index is 566. The van der Waals surface area contributed by atoms with E-state index in [1.807, 2.05) is 0 Å². The second kappa shape index (κ2) is 7.56. The van der Waals surface area contributed by atoms with E-state index in [4.69, 9.17) is 0 Å². The van der Waals surface area contributed by atoms with E-state index in [2.05, 4.69) is 60.2 Å². The molecular weight excluding hydrogens is 298 g/mol. The first-order chi connectivity index (χ1) is 11.5. The van der Waals surface area contributed by atoms with Crippen molar-refractivity contribution in [3.05, 3.63) is 29.8 Å². The van der Waals surface area contributed by atoms with Crippen LogP contribution >= 0.6 is 0 Å². The monoisotopic (exact) mass is 329 g/mol. The lowest BCUT2D eigenvalue weighted by Crippen LogP contribution is -2.47. The highest BCUT2D eigenvalue weighted by Gasteiger charge is 2.39. The average molecular weight is 329 g/mol. The molecule has 4 heteroatoms. The van der Waals surface area contributed by atoms with E-state index in [-0.39, 0.29) is 17.9 Å². The number of aryl methyl sites for hydroxylation is 1. The number of benzene rings is 1. The van der Waals surface area contributed by atoms with Gasteiger partial charge in [0.15, 0.2) is 0 Å². The van der Waals surface area contributed by atoms with Gasteiger partial charge in [-0.15, -0.1) is 0 Å². The summed E-state index contributed by atoms with van der Waals surface area (Å²) >= 11 is 0. The third-order valence-electron chi connectivity index (χ3n) is 5.45. The first kappa shape index (κ1) is 17.3. The molecule has 1 saturated heterocycles. The van der Waals surface area contributed by atoms with E-state index in [9.17, 15) is 4.79 Å². The Morgan fingerprint density at radius 1 is 1.29 bits per heavy atom. The van der Waals surface area contributed by atoms with Crippen molar-refractivity contribution in [1.29, 1.82) is 0 Å². The summed E-state index contributed by atoms with van der Waals surface area (Å²) in [5, 5.41) is 3.18. The van der Waals surface area contributed by atoms with Gasteiger partial charge in [0.2, 0.25) is 5.91 Å². The Hall–Kier alpha value is -1.55. The lowest BCUT2D eigenvalue weighted by molar-refractivity contribution is -0.123. The average Bonchev–Trinajstić information content (AvgIpc) is 3.30. The number of hydrogen-bond donors (Lipinski definition) is 1. The lowest BCUT2D eigenvalue weighted by Gasteiger charge is -2.36. The molecule has 0 aromatic heterocycles. The molecule has 0 unspecified atom stereocenters. The summed E-state index contributed by atoms with van der Waals surface area (Å²) < 4.78 is 0. The molecule has 2 aliphatic rings. The number of nitrogens with one attached hydrogen (secondary N) is 1. The SMILES string of the molecule is Cc1cccc(N2CCN(CC[C@H](C)NC(=O)[C@H]3C[C@H]3C)CC2)c1. The van der Waals surface area contributed by atoms with Crippen LogP contribution in [0.2, 0.25) is 0 Å². The van der Waals surface area contributed by atoms with E-state index in [1.165, 1.54) is 11.3 Å². The first-order valence-electron chi connectivity index (χ1n) is 9.37. The van der Waals surface area contributed by atoms with Gasteiger partial charge in [0.05, 0.1) is 0 Å². The minimum Gasteiger partial charge on any atom is -0.369 e. The highest BCUT2D eigenvalue weighted by Crippen LogP contribution is 2.37. The number of hydrogen-bond acceptors (Lipinski definition) is 3. The molecule has 1 N–H and O–H groups in total. The van der Waals surface area contributed by atoms with Gasteiger partial charge < -0.3 is 10.2 Å². The van der Waals surface area contributed by atoms with Gasteiger partial charge in [0.1, 0.15) is 0 Å². The molecule has 1 aliphatic carbocycles. The van der Waals surface area contributed by atoms with Crippen molar-refractivity contribution in [3.8, 4) is 0 Å². The summed E-state index contributed by atoms with van der Waals surface area (Å²) in [7, 11) is 0. The van der Waals surface area contributed by atoms with Crippen molar-refractivity contribution < 1.29 is 4.79 Å². The van der Waals surface area contributed by atoms with Crippen molar-refractivity contribution in [2.45, 2.75) is 39.7 Å². The van der Waals surface area contributed by atoms with Gasteiger partial charge in [-0.25, -0.2) is 0 Å². The maximum absolute atomic E-state index is 12.0. The summed E-state index contributed by atoms with van der Waals surface area (Å²) in [6, 6.07) is 9.05. The molecule has 1 heterocycles. The number of rotatable bonds is 6. The Morgan fingerprint density at radius 3 is 2.62 bits per heavy atom. The van der Waals surface area contributed by atoms with Crippen LogP contribution in [-0.4, -0.2) is 49.6 Å². The topological polar surface area (TPSA) is 35.6 Å². The van der Waals surface area contributed by atoms with E-state index in [0.29, 0.717) is 5.92 Å². The maximum Gasteiger partial charge on any atom is 0.223 e. The fourth-order valence-electron chi connectivity index (χ4n) is 3.54. The molecule has 1 aromatic carbocycles. The van der Waals surface area contributed by atoms with E-state index >= 15 is 0 Å². The van der Waals surface area contributed by atoms with Gasteiger partial charge in [0, 0.05) is 50.4 Å². The number of carbonyl (C=O) groups excluding carboxylic acids is 1. The number of carbonyl (C=O) groups is 1. The number of nitrogens with zero attached hydrogens (tertiary/aromatic N) is 2. The molecule has 1 saturated carbocycles. The van der Waals surface area contributed by atoms with Crippen LogP contribution in [0.15, 0.2) is 24.3 Å². The smallest absolute Gasteiger partial charge is 0.223 e. The number of amides is 1. The highest BCUT2D eigenvalue weighted by atomic mass is 16.2. The lowest BCUT2D eigenvalue weighted by atomic mass is 10.1. The molecular formula is C20H31N3O. The molecule has 3 rings (SSSR count). The molecule has 24 heavy (non-hydrogen) atoms. The first-order valence-corrected chi connectivity index (χ1v) is 9.37. The second-order valence-electron chi connectivity index (χ2n) is 7.69. The number of piperazine rings is 1. The molecule has 0 spiro atoms. The maximum atomic E-state index is 12.0. The van der Waals surface area contributed by atoms with Crippen LogP contribution in [0.4, 0.5) is 5.69 Å². The van der Waals surface area contributed by atoms with Crippen molar-refractivity contribution >= 4 is 11.6 Å². The Morgan fingerprint density at radius 2 is 2.00 bits per heavy atom. The predicted octanol–water partition coefficient (Wildman–Crippen LogP) is 2.67. The molecule has 3 atom stereocenters. The van der Waals surface area contributed by atoms with Gasteiger partial charge in [-0.05, 0) is 50.3 Å². The van der Waals surface area contributed by atoms with Crippen molar-refractivity contribution in [2.24, 2.45) is 11.8 Å². The van der Waals surface area contributed by atoms with Crippen LogP contribution in [0.5, 0.6) is 0 Å². The minimum absolute atomic E-state index is 0.263. The highest BCUT2D eigenvalue weighted by molar-refractivity contribution is 5.81. The van der Waals surface area contributed by atoms with Crippen LogP contribution in [0, 0.1) is 18.8 Å². The van der Waals surface area contributed by atoms with Crippen LogP contribution in [0.3, 0.4) is 0 Å². The van der Waals surface area contributed by atoms with Gasteiger partial charge >= 0.3 is 0 Å². The molecule has 1 aromatic rings. The quantitative estimate of drug-likeness (QED) is 0.871. The van der Waals surface area contributed by atoms with Gasteiger partial charge in [-0.1, -0.05) is 19.1 Å². The van der Waals surface area contributed by atoms with Crippen LogP contribution in [0.1, 0.15) is 32.3 Å². The molecule has 4 nitrogen and oxygen atoms in total. The largest absolute Gasteiger partial charge is 0.369 e. The van der Waals surface area contributed by atoms with Crippen LogP contribution in [-0.2, 0) is 4.79 Å². The summed E-state index contributed by atoms with van der Waals surface area (Å²) in [6.07, 6.45) is 2.11. The summed E-state index contributed by atoms with van der Waals surface area (Å²) in [6.45, 7) is 11.9. The Balaban J connectivity index is 1.37. The fraction of sp³-hybridized carbons (Fsp3) is 0.650. The van der Waals surface area contributed by atoms with Crippen molar-refractivity contribution in [1.82, 2.24) is 10.2 Å². The molecule has 1 amide bonds. The summed E-state index contributed by atoms with van der Waals surface area (Å²) in [5.41, 5.74) is 2.67. The van der Waals surface area contributed by atoms with Gasteiger partial charge in [-0.3, -0.25) is 9.69 Å². The zero-order valence-corrected chi connectivity index (χ0v) is 15.3. The zero-order chi connectivity index (χ0) is 17.1. The summed E-state index contributed by atoms with van der Waals surface area (Å²) in [4.78, 5) is 17.0. The molecule has 2 fully saturated rings. The molecule has 132 valence electrons. The predicted molar refractivity (Wildman–Crippen MR) is 99.3 cm³/mol. The normalized spacial score (nSPS) is 25.4. The van der Waals surface area contributed by atoms with Crippen LogP contribution < -0.4 is 10.2 Å². The van der Waals surface area contributed by atoms with E-state index < -0.39 is 0 Å². The van der Waals surface area contributed by atoms with Crippen molar-refractivity contribution in [3.63, 3.8) is 0 Å². The number of anilines is 1. The van der Waals surface area contributed by atoms with Crippen LogP contribution in [0.25, 0.3) is 0 Å². The van der Waals surface area contributed by atoms with E-state index in [1.54, 1.807) is 0 Å². The fourth-order valence-corrected chi connectivity index (χ4v) is 3.54. The van der Waals surface area contributed by atoms with E-state index in [0.717, 1.165) is 45.6 Å². The Labute approximate surface area is 146 Å². The Kier molecular flexibility index (Phi) is 5.44. The third-order valence-corrected chi connectivity index (χ3v) is 5.45. The van der Waals surface area contributed by atoms with Crippen molar-refractivity contribution in [2.75, 3.05) is 37.6 Å². The third kappa shape index (κ3) is 4.50. The second-order valence-corrected chi connectivity index (χ2v) is 7.69. The molecule has 0 radical (unpaired) electrons. The zero-order valence-electron chi connectivity index (χ0n) is 15.3. The van der Waals surface area contributed by atoms with Gasteiger partial charge in [0.25, 0.3) is 0 Å². The minimum atomic E-state index is 0.263. The van der Waals surface area contributed by atoms with Gasteiger partial charge in [-0.2, -0.15) is 0 Å².